The predicted molar refractivity (Wildman–Crippen MR) is 103 cm³/mol. The zero-order valence-corrected chi connectivity index (χ0v) is 15.1. The number of aryl methyl sites for hydroxylation is 1. The van der Waals surface area contributed by atoms with Crippen LogP contribution in [0.3, 0.4) is 0 Å². The average Bonchev–Trinajstić information content (AvgIpc) is 3.03. The van der Waals surface area contributed by atoms with E-state index in [4.69, 9.17) is 0 Å². The van der Waals surface area contributed by atoms with Crippen molar-refractivity contribution in [2.24, 2.45) is 4.99 Å². The maximum absolute atomic E-state index is 4.63. The molecule has 0 spiro atoms. The summed E-state index contributed by atoms with van der Waals surface area (Å²) in [5, 5.41) is 3.43. The maximum Gasteiger partial charge on any atom is 0.193 e. The molecule has 0 atom stereocenters. The van der Waals surface area contributed by atoms with Gasteiger partial charge in [0.25, 0.3) is 0 Å². The minimum Gasteiger partial charge on any atom is -0.356 e. The standard InChI is InChI=1S/C20H25N5/c1-16-8-4-5-9-17(16)14-24(3)20(21-2)22-12-11-18-15-25-13-7-6-10-19(25)23-18/h4-10,13,15H,11-12,14H2,1-3H3,(H,21,22). The molecule has 0 radical (unpaired) electrons. The van der Waals surface area contributed by atoms with E-state index in [1.54, 1.807) is 0 Å². The fraction of sp³-hybridized carbons (Fsp3) is 0.300. The molecule has 1 N–H and O–H groups in total. The van der Waals surface area contributed by atoms with Crippen molar-refractivity contribution in [1.82, 2.24) is 19.6 Å². The molecule has 2 aromatic heterocycles. The lowest BCUT2D eigenvalue weighted by atomic mass is 10.1. The number of hydrogen-bond donors (Lipinski definition) is 1. The number of rotatable bonds is 5. The SMILES string of the molecule is CN=C(NCCc1cn2ccccc2n1)N(C)Cc1ccccc1C. The van der Waals surface area contributed by atoms with E-state index in [0.29, 0.717) is 0 Å². The Balaban J connectivity index is 1.56. The summed E-state index contributed by atoms with van der Waals surface area (Å²) in [5.41, 5.74) is 4.68. The minimum atomic E-state index is 0.800. The van der Waals surface area contributed by atoms with E-state index >= 15 is 0 Å². The number of fused-ring (bicyclic) bond motifs is 1. The monoisotopic (exact) mass is 335 g/mol. The summed E-state index contributed by atoms with van der Waals surface area (Å²) in [6, 6.07) is 14.5. The molecule has 0 bridgehead atoms. The molecule has 5 heteroatoms. The van der Waals surface area contributed by atoms with E-state index in [2.05, 4.69) is 69.0 Å². The molecule has 5 nitrogen and oxygen atoms in total. The molecule has 0 fully saturated rings. The summed E-state index contributed by atoms with van der Waals surface area (Å²) in [6.45, 7) is 3.78. The highest BCUT2D eigenvalue weighted by atomic mass is 15.3. The van der Waals surface area contributed by atoms with Gasteiger partial charge in [0.05, 0.1) is 5.69 Å². The highest BCUT2D eigenvalue weighted by Crippen LogP contribution is 2.09. The lowest BCUT2D eigenvalue weighted by Gasteiger charge is -2.22. The normalized spacial score (nSPS) is 11.7. The first-order chi connectivity index (χ1) is 12.2. The van der Waals surface area contributed by atoms with Gasteiger partial charge in [0.1, 0.15) is 5.65 Å². The van der Waals surface area contributed by atoms with Crippen LogP contribution in [0.25, 0.3) is 5.65 Å². The van der Waals surface area contributed by atoms with Gasteiger partial charge in [-0.3, -0.25) is 4.99 Å². The van der Waals surface area contributed by atoms with Crippen LogP contribution in [-0.2, 0) is 13.0 Å². The number of aliphatic imine (C=N–C) groups is 1. The molecule has 130 valence electrons. The highest BCUT2D eigenvalue weighted by molar-refractivity contribution is 5.79. The smallest absolute Gasteiger partial charge is 0.193 e. The summed E-state index contributed by atoms with van der Waals surface area (Å²) in [4.78, 5) is 11.2. The van der Waals surface area contributed by atoms with E-state index < -0.39 is 0 Å². The van der Waals surface area contributed by atoms with Gasteiger partial charge < -0.3 is 14.6 Å². The second kappa shape index (κ2) is 7.83. The molecular formula is C20H25N5. The number of pyridine rings is 1. The molecule has 0 saturated carbocycles. The molecule has 2 heterocycles. The summed E-state index contributed by atoms with van der Waals surface area (Å²) >= 11 is 0. The van der Waals surface area contributed by atoms with Gasteiger partial charge in [0.2, 0.25) is 0 Å². The fourth-order valence-corrected chi connectivity index (χ4v) is 2.91. The Hall–Kier alpha value is -2.82. The number of guanidine groups is 1. The Morgan fingerprint density at radius 2 is 2.00 bits per heavy atom. The van der Waals surface area contributed by atoms with Crippen molar-refractivity contribution in [2.45, 2.75) is 19.9 Å². The molecule has 0 amide bonds. The average molecular weight is 335 g/mol. The first-order valence-corrected chi connectivity index (χ1v) is 8.56. The third kappa shape index (κ3) is 4.18. The summed E-state index contributed by atoms with van der Waals surface area (Å²) < 4.78 is 2.05. The van der Waals surface area contributed by atoms with Gasteiger partial charge in [-0.2, -0.15) is 0 Å². The van der Waals surface area contributed by atoms with E-state index in [1.165, 1.54) is 11.1 Å². The van der Waals surface area contributed by atoms with Gasteiger partial charge in [-0.25, -0.2) is 4.98 Å². The molecule has 3 rings (SSSR count). The Morgan fingerprint density at radius 3 is 2.76 bits per heavy atom. The van der Waals surface area contributed by atoms with Crippen LogP contribution in [-0.4, -0.2) is 40.9 Å². The lowest BCUT2D eigenvalue weighted by molar-refractivity contribution is 0.476. The van der Waals surface area contributed by atoms with Crippen LogP contribution >= 0.6 is 0 Å². The molecule has 0 aliphatic rings. The molecule has 0 aliphatic carbocycles. The summed E-state index contributed by atoms with van der Waals surface area (Å²) in [7, 11) is 3.88. The van der Waals surface area contributed by atoms with Crippen molar-refractivity contribution in [3.05, 3.63) is 71.7 Å². The van der Waals surface area contributed by atoms with Crippen molar-refractivity contribution in [3.63, 3.8) is 0 Å². The number of nitrogens with zero attached hydrogens (tertiary/aromatic N) is 4. The summed E-state index contributed by atoms with van der Waals surface area (Å²) in [5.74, 6) is 0.895. The molecule has 0 unspecified atom stereocenters. The maximum atomic E-state index is 4.63. The van der Waals surface area contributed by atoms with Crippen LogP contribution in [0.1, 0.15) is 16.8 Å². The molecule has 25 heavy (non-hydrogen) atoms. The van der Waals surface area contributed by atoms with E-state index in [-0.39, 0.29) is 0 Å². The number of hydrogen-bond acceptors (Lipinski definition) is 2. The molecule has 0 saturated heterocycles. The van der Waals surface area contributed by atoms with E-state index in [0.717, 1.165) is 36.8 Å². The quantitative estimate of drug-likeness (QED) is 0.576. The van der Waals surface area contributed by atoms with Crippen LogP contribution < -0.4 is 5.32 Å². The molecule has 0 aliphatic heterocycles. The van der Waals surface area contributed by atoms with Crippen molar-refractivity contribution >= 4 is 11.6 Å². The highest BCUT2D eigenvalue weighted by Gasteiger charge is 2.08. The van der Waals surface area contributed by atoms with Gasteiger partial charge >= 0.3 is 0 Å². The number of benzene rings is 1. The third-order valence-electron chi connectivity index (χ3n) is 4.32. The number of aromatic nitrogens is 2. The predicted octanol–water partition coefficient (Wildman–Crippen LogP) is 2.89. The summed E-state index contributed by atoms with van der Waals surface area (Å²) in [6.07, 6.45) is 4.96. The van der Waals surface area contributed by atoms with Crippen LogP contribution in [0, 0.1) is 6.92 Å². The number of imidazole rings is 1. The van der Waals surface area contributed by atoms with E-state index in [9.17, 15) is 0 Å². The van der Waals surface area contributed by atoms with Crippen molar-refractivity contribution in [1.29, 1.82) is 0 Å². The van der Waals surface area contributed by atoms with Gasteiger partial charge in [0.15, 0.2) is 5.96 Å². The molecule has 3 aromatic rings. The van der Waals surface area contributed by atoms with Crippen molar-refractivity contribution in [2.75, 3.05) is 20.6 Å². The Labute approximate surface area is 149 Å². The van der Waals surface area contributed by atoms with Crippen LogP contribution in [0.2, 0.25) is 0 Å². The van der Waals surface area contributed by atoms with Crippen molar-refractivity contribution in [3.8, 4) is 0 Å². The number of nitrogens with one attached hydrogen (secondary N) is 1. The topological polar surface area (TPSA) is 44.9 Å². The zero-order valence-electron chi connectivity index (χ0n) is 15.1. The van der Waals surface area contributed by atoms with Gasteiger partial charge in [0, 0.05) is 46.0 Å². The van der Waals surface area contributed by atoms with Gasteiger partial charge in [-0.05, 0) is 30.2 Å². The van der Waals surface area contributed by atoms with Crippen LogP contribution in [0.4, 0.5) is 0 Å². The van der Waals surface area contributed by atoms with Gasteiger partial charge in [-0.15, -0.1) is 0 Å². The largest absolute Gasteiger partial charge is 0.356 e. The Kier molecular flexibility index (Phi) is 5.33. The lowest BCUT2D eigenvalue weighted by Crippen LogP contribution is -2.39. The zero-order chi connectivity index (χ0) is 17.6. The van der Waals surface area contributed by atoms with Crippen LogP contribution in [0.15, 0.2) is 59.9 Å². The molecular weight excluding hydrogens is 310 g/mol. The fourth-order valence-electron chi connectivity index (χ4n) is 2.91. The van der Waals surface area contributed by atoms with Crippen LogP contribution in [0.5, 0.6) is 0 Å². The first kappa shape index (κ1) is 17.0. The third-order valence-corrected chi connectivity index (χ3v) is 4.32. The second-order valence-electron chi connectivity index (χ2n) is 6.20. The van der Waals surface area contributed by atoms with Gasteiger partial charge in [-0.1, -0.05) is 30.3 Å². The second-order valence-corrected chi connectivity index (χ2v) is 6.20. The first-order valence-electron chi connectivity index (χ1n) is 8.56. The minimum absolute atomic E-state index is 0.800. The van der Waals surface area contributed by atoms with Crippen molar-refractivity contribution < 1.29 is 0 Å². The molecule has 1 aromatic carbocycles. The van der Waals surface area contributed by atoms with E-state index in [1.807, 2.05) is 31.4 Å². The Morgan fingerprint density at radius 1 is 1.20 bits per heavy atom. The Bertz CT molecular complexity index is 832.